The number of benzene rings is 1. The minimum Gasteiger partial charge on any atom is -0.493 e. The molecule has 0 aromatic heterocycles. The molecule has 2 nitrogen and oxygen atoms in total. The second kappa shape index (κ2) is 4.99. The van der Waals surface area contributed by atoms with E-state index in [4.69, 9.17) is 10.5 Å². The Morgan fingerprint density at radius 3 is 2.87 bits per heavy atom. The standard InChI is InChI=1S/C13H17NO/c14-9-3-5-12-4-1-2-6-13(12)15-10-11-7-8-11/h1-6,11H,7-10,14H2/b5-3+. The fraction of sp³-hybridized carbons (Fsp3) is 0.385. The molecule has 1 aromatic carbocycles. The smallest absolute Gasteiger partial charge is 0.126 e. The number of hydrogen-bond acceptors (Lipinski definition) is 2. The zero-order chi connectivity index (χ0) is 10.5. The number of ether oxygens (including phenoxy) is 1. The van der Waals surface area contributed by atoms with Gasteiger partial charge in [0.25, 0.3) is 0 Å². The molecule has 0 unspecified atom stereocenters. The molecule has 0 saturated heterocycles. The van der Waals surface area contributed by atoms with Gasteiger partial charge in [-0.05, 0) is 24.8 Å². The van der Waals surface area contributed by atoms with Gasteiger partial charge < -0.3 is 10.5 Å². The summed E-state index contributed by atoms with van der Waals surface area (Å²) in [6.07, 6.45) is 6.60. The average molecular weight is 203 g/mol. The largest absolute Gasteiger partial charge is 0.493 e. The highest BCUT2D eigenvalue weighted by Crippen LogP contribution is 2.30. The third-order valence-electron chi connectivity index (χ3n) is 2.52. The SMILES string of the molecule is NC/C=C/c1ccccc1OCC1CC1. The maximum atomic E-state index is 5.77. The van der Waals surface area contributed by atoms with Crippen molar-refractivity contribution < 1.29 is 4.74 Å². The zero-order valence-electron chi connectivity index (χ0n) is 8.86. The predicted molar refractivity (Wildman–Crippen MR) is 62.7 cm³/mol. The first-order valence-corrected chi connectivity index (χ1v) is 5.48. The first kappa shape index (κ1) is 10.2. The van der Waals surface area contributed by atoms with Crippen molar-refractivity contribution in [3.05, 3.63) is 35.9 Å². The van der Waals surface area contributed by atoms with Gasteiger partial charge >= 0.3 is 0 Å². The molecule has 2 N–H and O–H groups in total. The monoisotopic (exact) mass is 203 g/mol. The Labute approximate surface area is 90.7 Å². The summed E-state index contributed by atoms with van der Waals surface area (Å²) < 4.78 is 5.77. The lowest BCUT2D eigenvalue weighted by Crippen LogP contribution is -2.00. The van der Waals surface area contributed by atoms with Crippen LogP contribution in [-0.4, -0.2) is 13.2 Å². The Kier molecular flexibility index (Phi) is 3.41. The summed E-state index contributed by atoms with van der Waals surface area (Å²) >= 11 is 0. The van der Waals surface area contributed by atoms with Crippen LogP contribution in [0.5, 0.6) is 5.75 Å². The topological polar surface area (TPSA) is 35.2 Å². The molecule has 1 aromatic rings. The van der Waals surface area contributed by atoms with Gasteiger partial charge in [-0.15, -0.1) is 0 Å². The van der Waals surface area contributed by atoms with Crippen LogP contribution < -0.4 is 10.5 Å². The van der Waals surface area contributed by atoms with E-state index in [1.54, 1.807) is 0 Å². The van der Waals surface area contributed by atoms with Gasteiger partial charge in [-0.1, -0.05) is 30.4 Å². The first-order chi connectivity index (χ1) is 7.40. The molecule has 1 fully saturated rings. The highest BCUT2D eigenvalue weighted by atomic mass is 16.5. The summed E-state index contributed by atoms with van der Waals surface area (Å²) in [6, 6.07) is 8.08. The molecule has 1 aliphatic rings. The molecule has 0 bridgehead atoms. The van der Waals surface area contributed by atoms with Crippen LogP contribution in [0.1, 0.15) is 18.4 Å². The van der Waals surface area contributed by atoms with E-state index in [-0.39, 0.29) is 0 Å². The number of rotatable bonds is 5. The maximum Gasteiger partial charge on any atom is 0.126 e. The van der Waals surface area contributed by atoms with E-state index in [1.807, 2.05) is 36.4 Å². The van der Waals surface area contributed by atoms with E-state index in [1.165, 1.54) is 12.8 Å². The van der Waals surface area contributed by atoms with Crippen molar-refractivity contribution in [2.45, 2.75) is 12.8 Å². The summed E-state index contributed by atoms with van der Waals surface area (Å²) in [7, 11) is 0. The van der Waals surface area contributed by atoms with E-state index in [2.05, 4.69) is 0 Å². The molecule has 2 rings (SSSR count). The highest BCUT2D eigenvalue weighted by Gasteiger charge is 2.22. The van der Waals surface area contributed by atoms with E-state index in [9.17, 15) is 0 Å². The minimum atomic E-state index is 0.566. The Hall–Kier alpha value is -1.28. The zero-order valence-corrected chi connectivity index (χ0v) is 8.86. The van der Waals surface area contributed by atoms with Gasteiger partial charge in [-0.3, -0.25) is 0 Å². The first-order valence-electron chi connectivity index (χ1n) is 5.48. The van der Waals surface area contributed by atoms with Gasteiger partial charge in [0.15, 0.2) is 0 Å². The maximum absolute atomic E-state index is 5.77. The lowest BCUT2D eigenvalue weighted by molar-refractivity contribution is 0.299. The predicted octanol–water partition coefficient (Wildman–Crippen LogP) is 2.45. The van der Waals surface area contributed by atoms with Crippen molar-refractivity contribution in [2.24, 2.45) is 11.7 Å². The molecule has 0 spiro atoms. The number of hydrogen-bond donors (Lipinski definition) is 1. The van der Waals surface area contributed by atoms with Crippen LogP contribution in [0, 0.1) is 5.92 Å². The van der Waals surface area contributed by atoms with E-state index < -0.39 is 0 Å². The molecule has 0 amide bonds. The second-order valence-electron chi connectivity index (χ2n) is 3.93. The van der Waals surface area contributed by atoms with Crippen LogP contribution in [0.25, 0.3) is 6.08 Å². The third-order valence-corrected chi connectivity index (χ3v) is 2.52. The van der Waals surface area contributed by atoms with Crippen LogP contribution in [0.15, 0.2) is 30.3 Å². The summed E-state index contributed by atoms with van der Waals surface area (Å²) in [6.45, 7) is 1.42. The quantitative estimate of drug-likeness (QED) is 0.797. The van der Waals surface area contributed by atoms with Gasteiger partial charge in [-0.25, -0.2) is 0 Å². The van der Waals surface area contributed by atoms with E-state index >= 15 is 0 Å². The molecule has 80 valence electrons. The Balaban J connectivity index is 2.02. The van der Waals surface area contributed by atoms with Crippen LogP contribution in [0.3, 0.4) is 0 Å². The van der Waals surface area contributed by atoms with Crippen molar-refractivity contribution in [1.29, 1.82) is 0 Å². The lowest BCUT2D eigenvalue weighted by atomic mass is 10.2. The van der Waals surface area contributed by atoms with Gasteiger partial charge in [0.2, 0.25) is 0 Å². The van der Waals surface area contributed by atoms with Crippen molar-refractivity contribution in [3.8, 4) is 5.75 Å². The molecule has 2 heteroatoms. The molecule has 0 heterocycles. The highest BCUT2D eigenvalue weighted by molar-refractivity contribution is 5.57. The Morgan fingerprint density at radius 2 is 2.13 bits per heavy atom. The Bertz CT molecular complexity index is 342. The van der Waals surface area contributed by atoms with Crippen LogP contribution in [0.2, 0.25) is 0 Å². The number of para-hydroxylation sites is 1. The Morgan fingerprint density at radius 1 is 1.33 bits per heavy atom. The molecule has 1 aliphatic carbocycles. The van der Waals surface area contributed by atoms with Crippen molar-refractivity contribution in [2.75, 3.05) is 13.2 Å². The van der Waals surface area contributed by atoms with Gasteiger partial charge in [0.1, 0.15) is 5.75 Å². The van der Waals surface area contributed by atoms with E-state index in [0.29, 0.717) is 6.54 Å². The lowest BCUT2D eigenvalue weighted by Gasteiger charge is -2.08. The number of nitrogens with two attached hydrogens (primary N) is 1. The van der Waals surface area contributed by atoms with Crippen LogP contribution >= 0.6 is 0 Å². The van der Waals surface area contributed by atoms with Crippen molar-refractivity contribution in [1.82, 2.24) is 0 Å². The second-order valence-corrected chi connectivity index (χ2v) is 3.93. The van der Waals surface area contributed by atoms with E-state index in [0.717, 1.165) is 23.8 Å². The summed E-state index contributed by atoms with van der Waals surface area (Å²) in [4.78, 5) is 0. The fourth-order valence-corrected chi connectivity index (χ4v) is 1.44. The average Bonchev–Trinajstić information content (AvgIpc) is 3.08. The molecule has 0 aliphatic heterocycles. The van der Waals surface area contributed by atoms with Crippen molar-refractivity contribution >= 4 is 6.08 Å². The van der Waals surface area contributed by atoms with Gasteiger partial charge in [-0.2, -0.15) is 0 Å². The molecular weight excluding hydrogens is 186 g/mol. The fourth-order valence-electron chi connectivity index (χ4n) is 1.44. The van der Waals surface area contributed by atoms with Crippen LogP contribution in [0.4, 0.5) is 0 Å². The molecule has 1 saturated carbocycles. The molecule has 15 heavy (non-hydrogen) atoms. The van der Waals surface area contributed by atoms with Crippen molar-refractivity contribution in [3.63, 3.8) is 0 Å². The van der Waals surface area contributed by atoms with Gasteiger partial charge in [0, 0.05) is 12.1 Å². The molecular formula is C13H17NO. The minimum absolute atomic E-state index is 0.566. The normalized spacial score (nSPS) is 15.8. The third kappa shape index (κ3) is 3.10. The summed E-state index contributed by atoms with van der Waals surface area (Å²) in [5.74, 6) is 1.76. The van der Waals surface area contributed by atoms with Crippen LogP contribution in [-0.2, 0) is 0 Å². The summed E-state index contributed by atoms with van der Waals surface area (Å²) in [5, 5.41) is 0. The molecule has 0 atom stereocenters. The molecule has 0 radical (unpaired) electrons. The van der Waals surface area contributed by atoms with Gasteiger partial charge in [0.05, 0.1) is 6.61 Å². The summed E-state index contributed by atoms with van der Waals surface area (Å²) in [5.41, 5.74) is 6.55.